The van der Waals surface area contributed by atoms with Crippen LogP contribution in [-0.2, 0) is 16.0 Å². The number of hydrogen-bond donors (Lipinski definition) is 1. The van der Waals surface area contributed by atoms with Gasteiger partial charge in [0.15, 0.2) is 0 Å². The second-order valence-electron chi connectivity index (χ2n) is 5.62. The lowest BCUT2D eigenvalue weighted by Crippen LogP contribution is -2.43. The van der Waals surface area contributed by atoms with Gasteiger partial charge in [-0.2, -0.15) is 13.2 Å². The molecule has 1 atom stereocenters. The molecule has 4 nitrogen and oxygen atoms in total. The molecule has 126 valence electrons. The van der Waals surface area contributed by atoms with Crippen LogP contribution >= 0.6 is 0 Å². The van der Waals surface area contributed by atoms with Gasteiger partial charge in [-0.15, -0.1) is 0 Å². The molecule has 1 aromatic carbocycles. The topological polar surface area (TPSA) is 49.4 Å². The zero-order valence-corrected chi connectivity index (χ0v) is 12.6. The molecule has 2 rings (SSSR count). The number of likely N-dealkylation sites (tertiary alicyclic amines) is 1. The average Bonchev–Trinajstić information content (AvgIpc) is 2.80. The number of amides is 2. The van der Waals surface area contributed by atoms with Gasteiger partial charge in [0.05, 0.1) is 0 Å². The number of nitrogens with zero attached hydrogens (tertiary/aromatic N) is 1. The summed E-state index contributed by atoms with van der Waals surface area (Å²) in [5.74, 6) is -0.952. The fraction of sp³-hybridized carbons (Fsp3) is 0.500. The molecule has 1 fully saturated rings. The van der Waals surface area contributed by atoms with Crippen LogP contribution in [0.15, 0.2) is 30.3 Å². The van der Waals surface area contributed by atoms with E-state index in [1.54, 1.807) is 0 Å². The number of alkyl halides is 3. The lowest BCUT2D eigenvalue weighted by Gasteiger charge is -2.18. The highest BCUT2D eigenvalue weighted by Crippen LogP contribution is 2.21. The molecule has 0 aliphatic carbocycles. The highest BCUT2D eigenvalue weighted by molar-refractivity contribution is 5.89. The number of rotatable bonds is 6. The summed E-state index contributed by atoms with van der Waals surface area (Å²) in [5.41, 5.74) is 1.12. The second-order valence-corrected chi connectivity index (χ2v) is 5.62. The van der Waals surface area contributed by atoms with E-state index in [0.717, 1.165) is 16.9 Å². The van der Waals surface area contributed by atoms with Crippen LogP contribution in [-0.4, -0.2) is 42.0 Å². The number of hydrogen-bond acceptors (Lipinski definition) is 2. The van der Waals surface area contributed by atoms with Crippen LogP contribution in [0.1, 0.15) is 24.8 Å². The lowest BCUT2D eigenvalue weighted by molar-refractivity contribution is -0.158. The van der Waals surface area contributed by atoms with Crippen molar-refractivity contribution in [2.75, 3.05) is 13.1 Å². The molecule has 0 saturated carbocycles. The number of halogens is 3. The van der Waals surface area contributed by atoms with Crippen molar-refractivity contribution in [3.63, 3.8) is 0 Å². The Labute approximate surface area is 132 Å². The zero-order chi connectivity index (χ0) is 16.9. The summed E-state index contributed by atoms with van der Waals surface area (Å²) in [6.07, 6.45) is -2.57. The molecule has 1 aromatic rings. The van der Waals surface area contributed by atoms with Crippen molar-refractivity contribution >= 4 is 11.8 Å². The minimum Gasteiger partial charge on any atom is -0.344 e. The van der Waals surface area contributed by atoms with E-state index in [-0.39, 0.29) is 25.3 Å². The van der Waals surface area contributed by atoms with Crippen LogP contribution in [0.5, 0.6) is 0 Å². The summed E-state index contributed by atoms with van der Waals surface area (Å²) in [4.78, 5) is 24.4. The summed E-state index contributed by atoms with van der Waals surface area (Å²) < 4.78 is 37.0. The Balaban J connectivity index is 1.72. The van der Waals surface area contributed by atoms with Gasteiger partial charge in [0.25, 0.3) is 0 Å². The zero-order valence-electron chi connectivity index (χ0n) is 12.6. The van der Waals surface area contributed by atoms with Crippen LogP contribution in [0.25, 0.3) is 0 Å². The third-order valence-corrected chi connectivity index (χ3v) is 3.71. The molecule has 0 bridgehead atoms. The van der Waals surface area contributed by atoms with Gasteiger partial charge in [-0.1, -0.05) is 30.3 Å². The predicted octanol–water partition coefficient (Wildman–Crippen LogP) is 2.29. The maximum absolute atomic E-state index is 12.3. The molecule has 1 aliphatic heterocycles. The highest BCUT2D eigenvalue weighted by Gasteiger charge is 2.39. The number of benzene rings is 1. The first-order chi connectivity index (χ1) is 10.8. The number of carbonyl (C=O) groups excluding carboxylic acids is 2. The third kappa shape index (κ3) is 5.58. The van der Waals surface area contributed by atoms with Crippen molar-refractivity contribution in [2.24, 2.45) is 0 Å². The van der Waals surface area contributed by atoms with E-state index >= 15 is 0 Å². The third-order valence-electron chi connectivity index (χ3n) is 3.71. The number of nitrogens with one attached hydrogen (secondary N) is 1. The van der Waals surface area contributed by atoms with Gasteiger partial charge in [-0.05, 0) is 24.8 Å². The summed E-state index contributed by atoms with van der Waals surface area (Å²) in [7, 11) is 0. The van der Waals surface area contributed by atoms with E-state index in [9.17, 15) is 22.8 Å². The molecule has 7 heteroatoms. The Hall–Kier alpha value is -2.05. The van der Waals surface area contributed by atoms with Crippen LogP contribution in [0.2, 0.25) is 0 Å². The Morgan fingerprint density at radius 2 is 1.96 bits per heavy atom. The van der Waals surface area contributed by atoms with Crippen molar-refractivity contribution in [1.29, 1.82) is 0 Å². The summed E-state index contributed by atoms with van der Waals surface area (Å²) >= 11 is 0. The highest BCUT2D eigenvalue weighted by atomic mass is 19.4. The van der Waals surface area contributed by atoms with Crippen molar-refractivity contribution in [1.82, 2.24) is 10.2 Å². The Bertz CT molecular complexity index is 546. The Kier molecular flexibility index (Phi) is 5.63. The van der Waals surface area contributed by atoms with E-state index in [4.69, 9.17) is 0 Å². The molecular formula is C16H19F3N2O2. The molecule has 0 aromatic heterocycles. The van der Waals surface area contributed by atoms with E-state index in [1.165, 1.54) is 0 Å². The smallest absolute Gasteiger partial charge is 0.344 e. The summed E-state index contributed by atoms with van der Waals surface area (Å²) in [6, 6.07) is 8.85. The Morgan fingerprint density at radius 1 is 1.26 bits per heavy atom. The standard InChI is InChI=1S/C16H19F3N2O2/c17-16(18,19)11-21-10-9-13(15(21)23)20-14(22)8-4-7-12-5-2-1-3-6-12/h1-3,5-6,13H,4,7-11H2,(H,20,22)/t13-/m1/s1. The summed E-state index contributed by atoms with van der Waals surface area (Å²) in [6.45, 7) is -1.24. The van der Waals surface area contributed by atoms with Crippen molar-refractivity contribution in [2.45, 2.75) is 37.9 Å². The maximum atomic E-state index is 12.3. The lowest BCUT2D eigenvalue weighted by atomic mass is 10.1. The van der Waals surface area contributed by atoms with Crippen molar-refractivity contribution < 1.29 is 22.8 Å². The predicted molar refractivity (Wildman–Crippen MR) is 78.6 cm³/mol. The molecule has 1 saturated heterocycles. The van der Waals surface area contributed by atoms with E-state index in [1.807, 2.05) is 30.3 Å². The SMILES string of the molecule is O=C(CCCc1ccccc1)N[C@@H]1CCN(CC(F)(F)F)C1=O. The molecule has 1 heterocycles. The van der Waals surface area contributed by atoms with Gasteiger partial charge in [-0.3, -0.25) is 9.59 Å². The molecule has 23 heavy (non-hydrogen) atoms. The van der Waals surface area contributed by atoms with Crippen LogP contribution in [0, 0.1) is 0 Å². The normalized spacial score (nSPS) is 18.3. The van der Waals surface area contributed by atoms with Gasteiger partial charge in [0.1, 0.15) is 12.6 Å². The number of carbonyl (C=O) groups is 2. The minimum absolute atomic E-state index is 0.0211. The van der Waals surface area contributed by atoms with E-state index in [0.29, 0.717) is 6.42 Å². The van der Waals surface area contributed by atoms with E-state index < -0.39 is 24.7 Å². The first-order valence-electron chi connectivity index (χ1n) is 7.54. The molecular weight excluding hydrogens is 309 g/mol. The first kappa shape index (κ1) is 17.3. The second kappa shape index (κ2) is 7.48. The molecule has 2 amide bonds. The van der Waals surface area contributed by atoms with Gasteiger partial charge < -0.3 is 10.2 Å². The molecule has 0 radical (unpaired) electrons. The quantitative estimate of drug-likeness (QED) is 0.871. The first-order valence-corrected chi connectivity index (χ1v) is 7.54. The fourth-order valence-electron chi connectivity index (χ4n) is 2.61. The van der Waals surface area contributed by atoms with E-state index in [2.05, 4.69) is 5.32 Å². The average molecular weight is 328 g/mol. The minimum atomic E-state index is -4.41. The monoisotopic (exact) mass is 328 g/mol. The largest absolute Gasteiger partial charge is 0.406 e. The van der Waals surface area contributed by atoms with Gasteiger partial charge >= 0.3 is 6.18 Å². The maximum Gasteiger partial charge on any atom is 0.406 e. The van der Waals surface area contributed by atoms with Gasteiger partial charge in [0.2, 0.25) is 11.8 Å². The molecule has 1 N–H and O–H groups in total. The van der Waals surface area contributed by atoms with Crippen LogP contribution < -0.4 is 5.32 Å². The van der Waals surface area contributed by atoms with Gasteiger partial charge in [-0.25, -0.2) is 0 Å². The fourth-order valence-corrected chi connectivity index (χ4v) is 2.61. The molecule has 0 spiro atoms. The molecule has 0 unspecified atom stereocenters. The van der Waals surface area contributed by atoms with Crippen molar-refractivity contribution in [3.05, 3.63) is 35.9 Å². The van der Waals surface area contributed by atoms with Gasteiger partial charge in [0, 0.05) is 13.0 Å². The number of aryl methyl sites for hydroxylation is 1. The Morgan fingerprint density at radius 3 is 2.61 bits per heavy atom. The summed E-state index contributed by atoms with van der Waals surface area (Å²) in [5, 5.41) is 2.53. The van der Waals surface area contributed by atoms with Crippen LogP contribution in [0.3, 0.4) is 0 Å². The molecule has 1 aliphatic rings. The van der Waals surface area contributed by atoms with Crippen molar-refractivity contribution in [3.8, 4) is 0 Å². The van der Waals surface area contributed by atoms with Crippen LogP contribution in [0.4, 0.5) is 13.2 Å².